The molecule has 0 fully saturated rings. The van der Waals surface area contributed by atoms with Gasteiger partial charge in [0.05, 0.1) is 26.6 Å². The lowest BCUT2D eigenvalue weighted by atomic mass is 10.2. The van der Waals surface area contributed by atoms with Crippen molar-refractivity contribution in [2.75, 3.05) is 0 Å². The molecule has 0 bridgehead atoms. The van der Waals surface area contributed by atoms with E-state index in [0.29, 0.717) is 20.5 Å². The quantitative estimate of drug-likeness (QED) is 0.819. The monoisotopic (exact) mass is 302 g/mol. The van der Waals surface area contributed by atoms with E-state index in [4.69, 9.17) is 23.2 Å². The molecule has 0 aliphatic carbocycles. The molecule has 1 nitrogen and oxygen atoms in total. The Morgan fingerprint density at radius 3 is 2.56 bits per heavy atom. The van der Waals surface area contributed by atoms with Crippen molar-refractivity contribution in [3.8, 4) is 0 Å². The third-order valence-electron chi connectivity index (χ3n) is 2.38. The largest absolute Gasteiger partial charge is 0.254 e. The lowest BCUT2D eigenvalue weighted by molar-refractivity contribution is 0.622. The molecule has 0 saturated heterocycles. The second-order valence-electron chi connectivity index (χ2n) is 3.66. The van der Waals surface area contributed by atoms with Crippen LogP contribution in [0, 0.1) is 5.82 Å². The molecule has 94 valence electrons. The second-order valence-corrected chi connectivity index (χ2v) is 5.90. The molecule has 0 radical (unpaired) electrons. The van der Waals surface area contributed by atoms with Gasteiger partial charge >= 0.3 is 0 Å². The van der Waals surface area contributed by atoms with Crippen LogP contribution in [-0.2, 0) is 16.6 Å². The number of hydrogen-bond acceptors (Lipinski definition) is 1. The number of halogens is 3. The first kappa shape index (κ1) is 13.5. The molecule has 0 aromatic heterocycles. The Labute approximate surface area is 117 Å². The van der Waals surface area contributed by atoms with Gasteiger partial charge in [-0.15, -0.1) is 0 Å². The highest BCUT2D eigenvalue weighted by Gasteiger charge is 2.10. The van der Waals surface area contributed by atoms with Gasteiger partial charge < -0.3 is 0 Å². The van der Waals surface area contributed by atoms with Gasteiger partial charge in [-0.2, -0.15) is 0 Å². The zero-order valence-electron chi connectivity index (χ0n) is 9.20. The maximum atomic E-state index is 13.0. The van der Waals surface area contributed by atoms with Gasteiger partial charge in [-0.3, -0.25) is 4.21 Å². The molecule has 1 unspecified atom stereocenters. The summed E-state index contributed by atoms with van der Waals surface area (Å²) in [6.07, 6.45) is 0. The first-order valence-electron chi connectivity index (χ1n) is 5.15. The fourth-order valence-corrected chi connectivity index (χ4v) is 3.12. The van der Waals surface area contributed by atoms with Crippen LogP contribution in [0.15, 0.2) is 47.4 Å². The summed E-state index contributed by atoms with van der Waals surface area (Å²) in [6.45, 7) is 0. The predicted molar refractivity (Wildman–Crippen MR) is 73.0 cm³/mol. The standard InChI is InChI=1S/C13H9Cl2FOS/c14-12-6-1-3-9(13(12)15)8-18(17)11-5-2-4-10(16)7-11/h1-7H,8H2. The van der Waals surface area contributed by atoms with Crippen LogP contribution in [0.3, 0.4) is 0 Å². The van der Waals surface area contributed by atoms with Crippen molar-refractivity contribution in [1.29, 1.82) is 0 Å². The molecule has 5 heteroatoms. The van der Waals surface area contributed by atoms with Crippen LogP contribution in [0.1, 0.15) is 5.56 Å². The van der Waals surface area contributed by atoms with E-state index in [9.17, 15) is 8.60 Å². The predicted octanol–water partition coefficient (Wildman–Crippen LogP) is 4.44. The Bertz CT molecular complexity index is 601. The minimum atomic E-state index is -1.35. The fraction of sp³-hybridized carbons (Fsp3) is 0.0769. The van der Waals surface area contributed by atoms with Crippen LogP contribution < -0.4 is 0 Å². The smallest absolute Gasteiger partial charge is 0.124 e. The Morgan fingerprint density at radius 2 is 1.83 bits per heavy atom. The maximum absolute atomic E-state index is 13.0. The molecule has 0 N–H and O–H groups in total. The minimum absolute atomic E-state index is 0.211. The Balaban J connectivity index is 2.24. The summed E-state index contributed by atoms with van der Waals surface area (Å²) >= 11 is 11.9. The van der Waals surface area contributed by atoms with Gasteiger partial charge in [0.25, 0.3) is 0 Å². The van der Waals surface area contributed by atoms with Gasteiger partial charge in [-0.05, 0) is 29.8 Å². The van der Waals surface area contributed by atoms with Crippen molar-refractivity contribution < 1.29 is 8.60 Å². The molecule has 0 saturated carbocycles. The third kappa shape index (κ3) is 3.10. The number of hydrogen-bond donors (Lipinski definition) is 0. The summed E-state index contributed by atoms with van der Waals surface area (Å²) in [5, 5.41) is 0.814. The summed E-state index contributed by atoms with van der Waals surface area (Å²) in [5.74, 6) is -0.193. The molecule has 0 amide bonds. The Hall–Kier alpha value is -0.900. The van der Waals surface area contributed by atoms with Crippen molar-refractivity contribution >= 4 is 34.0 Å². The van der Waals surface area contributed by atoms with Crippen molar-refractivity contribution in [2.24, 2.45) is 0 Å². The average Bonchev–Trinajstić information content (AvgIpc) is 2.35. The highest BCUT2D eigenvalue weighted by atomic mass is 35.5. The second kappa shape index (κ2) is 5.83. The summed E-state index contributed by atoms with van der Waals surface area (Å²) in [6, 6.07) is 10.9. The van der Waals surface area contributed by atoms with Crippen molar-refractivity contribution in [2.45, 2.75) is 10.6 Å². The zero-order chi connectivity index (χ0) is 13.1. The van der Waals surface area contributed by atoms with Gasteiger partial charge in [-0.25, -0.2) is 4.39 Å². The third-order valence-corrected chi connectivity index (χ3v) is 4.59. The zero-order valence-corrected chi connectivity index (χ0v) is 11.5. The lowest BCUT2D eigenvalue weighted by Gasteiger charge is -2.06. The highest BCUT2D eigenvalue weighted by Crippen LogP contribution is 2.27. The van der Waals surface area contributed by atoms with Crippen molar-refractivity contribution in [3.05, 3.63) is 63.9 Å². The summed E-state index contributed by atoms with van der Waals surface area (Å²) in [5.41, 5.74) is 0.687. The maximum Gasteiger partial charge on any atom is 0.124 e. The van der Waals surface area contributed by atoms with Crippen LogP contribution in [-0.4, -0.2) is 4.21 Å². The Morgan fingerprint density at radius 1 is 1.11 bits per heavy atom. The summed E-state index contributed by atoms with van der Waals surface area (Å²) < 4.78 is 25.1. The van der Waals surface area contributed by atoms with E-state index in [-0.39, 0.29) is 5.75 Å². The fourth-order valence-electron chi connectivity index (χ4n) is 1.49. The SMILES string of the molecule is O=S(Cc1cccc(Cl)c1Cl)c1cccc(F)c1. The van der Waals surface area contributed by atoms with E-state index in [1.807, 2.05) is 0 Å². The van der Waals surface area contributed by atoms with Crippen LogP contribution in [0.4, 0.5) is 4.39 Å². The van der Waals surface area contributed by atoms with Crippen molar-refractivity contribution in [1.82, 2.24) is 0 Å². The van der Waals surface area contributed by atoms with Crippen molar-refractivity contribution in [3.63, 3.8) is 0 Å². The van der Waals surface area contributed by atoms with E-state index < -0.39 is 16.6 Å². The molecule has 0 aliphatic rings. The van der Waals surface area contributed by atoms with E-state index in [1.54, 1.807) is 24.3 Å². The van der Waals surface area contributed by atoms with Gasteiger partial charge in [-0.1, -0.05) is 41.4 Å². The first-order valence-corrected chi connectivity index (χ1v) is 7.22. The van der Waals surface area contributed by atoms with Crippen LogP contribution in [0.5, 0.6) is 0 Å². The van der Waals surface area contributed by atoms with Gasteiger partial charge in [0.15, 0.2) is 0 Å². The van der Waals surface area contributed by atoms with Crippen LogP contribution in [0.25, 0.3) is 0 Å². The molecule has 2 aromatic carbocycles. The first-order chi connectivity index (χ1) is 8.58. The minimum Gasteiger partial charge on any atom is -0.254 e. The summed E-state index contributed by atoms with van der Waals surface area (Å²) in [7, 11) is -1.35. The van der Waals surface area contributed by atoms with E-state index in [2.05, 4.69) is 0 Å². The average molecular weight is 303 g/mol. The summed E-state index contributed by atoms with van der Waals surface area (Å²) in [4.78, 5) is 0.436. The van der Waals surface area contributed by atoms with E-state index >= 15 is 0 Å². The molecule has 0 aliphatic heterocycles. The number of rotatable bonds is 3. The molecular weight excluding hydrogens is 294 g/mol. The Kier molecular flexibility index (Phi) is 4.38. The topological polar surface area (TPSA) is 17.1 Å². The van der Waals surface area contributed by atoms with Crippen LogP contribution >= 0.6 is 23.2 Å². The molecule has 18 heavy (non-hydrogen) atoms. The van der Waals surface area contributed by atoms with Gasteiger partial charge in [0, 0.05) is 4.90 Å². The lowest BCUT2D eigenvalue weighted by Crippen LogP contribution is -1.98. The molecule has 2 aromatic rings. The number of benzene rings is 2. The normalized spacial score (nSPS) is 12.4. The van der Waals surface area contributed by atoms with E-state index in [1.165, 1.54) is 18.2 Å². The van der Waals surface area contributed by atoms with Gasteiger partial charge in [0.1, 0.15) is 5.82 Å². The van der Waals surface area contributed by atoms with E-state index in [0.717, 1.165) is 0 Å². The molecular formula is C13H9Cl2FOS. The molecule has 0 spiro atoms. The molecule has 0 heterocycles. The van der Waals surface area contributed by atoms with Gasteiger partial charge in [0.2, 0.25) is 0 Å². The highest BCUT2D eigenvalue weighted by molar-refractivity contribution is 7.84. The molecule has 1 atom stereocenters. The molecule has 2 rings (SSSR count). The van der Waals surface area contributed by atoms with Crippen LogP contribution in [0.2, 0.25) is 10.0 Å².